The number of anilines is 1. The maximum atomic E-state index is 12.0. The molecule has 1 amide bonds. The summed E-state index contributed by atoms with van der Waals surface area (Å²) in [4.78, 5) is 14.1. The van der Waals surface area contributed by atoms with Crippen LogP contribution in [0.4, 0.5) is 5.69 Å². The van der Waals surface area contributed by atoms with Gasteiger partial charge in [0.1, 0.15) is 5.75 Å². The number of carbonyl (C=O) groups excluding carboxylic acids is 1. The smallest absolute Gasteiger partial charge is 0.238 e. The van der Waals surface area contributed by atoms with Crippen molar-refractivity contribution in [3.63, 3.8) is 0 Å². The molecular formula is C14H21N3O2. The number of nitrogens with one attached hydrogen (secondary N) is 2. The Bertz CT molecular complexity index is 440. The van der Waals surface area contributed by atoms with Crippen molar-refractivity contribution in [3.8, 4) is 5.75 Å². The average Bonchev–Trinajstić information content (AvgIpc) is 2.62. The van der Waals surface area contributed by atoms with Crippen LogP contribution in [-0.2, 0) is 4.79 Å². The van der Waals surface area contributed by atoms with Crippen LogP contribution in [0.2, 0.25) is 0 Å². The van der Waals surface area contributed by atoms with Crippen LogP contribution in [0.15, 0.2) is 18.2 Å². The molecule has 0 spiro atoms. The first-order valence-electron chi connectivity index (χ1n) is 6.68. The molecule has 19 heavy (non-hydrogen) atoms. The zero-order valence-corrected chi connectivity index (χ0v) is 11.3. The molecule has 2 rings (SSSR count). The number of phenolic OH excluding ortho intramolecular Hbond substituents is 1. The Labute approximate surface area is 113 Å². The molecule has 0 unspecified atom stereocenters. The first kappa shape index (κ1) is 13.8. The summed E-state index contributed by atoms with van der Waals surface area (Å²) in [7, 11) is 0. The third-order valence-electron chi connectivity index (χ3n) is 3.28. The summed E-state index contributed by atoms with van der Waals surface area (Å²) in [5.74, 6) is 0.239. The van der Waals surface area contributed by atoms with Crippen LogP contribution in [0.5, 0.6) is 5.75 Å². The molecule has 5 nitrogen and oxygen atoms in total. The van der Waals surface area contributed by atoms with Crippen molar-refractivity contribution in [1.82, 2.24) is 10.2 Å². The van der Waals surface area contributed by atoms with E-state index in [2.05, 4.69) is 15.5 Å². The minimum absolute atomic E-state index is 0.00742. The summed E-state index contributed by atoms with van der Waals surface area (Å²) in [5.41, 5.74) is 1.49. The third kappa shape index (κ3) is 4.22. The predicted octanol–water partition coefficient (Wildman–Crippen LogP) is 0.934. The van der Waals surface area contributed by atoms with Crippen LogP contribution >= 0.6 is 0 Å². The number of amides is 1. The molecule has 1 aliphatic rings. The fourth-order valence-corrected chi connectivity index (χ4v) is 2.20. The summed E-state index contributed by atoms with van der Waals surface area (Å²) in [6, 6.07) is 5.09. The number of carbonyl (C=O) groups is 1. The molecule has 0 saturated carbocycles. The minimum Gasteiger partial charge on any atom is -0.508 e. The van der Waals surface area contributed by atoms with E-state index in [0.29, 0.717) is 6.54 Å². The zero-order valence-electron chi connectivity index (χ0n) is 11.3. The van der Waals surface area contributed by atoms with Gasteiger partial charge in [-0.2, -0.15) is 0 Å². The fraction of sp³-hybridized carbons (Fsp3) is 0.500. The molecule has 0 radical (unpaired) electrons. The lowest BCUT2D eigenvalue weighted by Crippen LogP contribution is -2.35. The molecule has 1 aromatic rings. The van der Waals surface area contributed by atoms with Gasteiger partial charge in [-0.05, 0) is 50.2 Å². The Morgan fingerprint density at radius 3 is 3.05 bits per heavy atom. The predicted molar refractivity (Wildman–Crippen MR) is 75.4 cm³/mol. The zero-order chi connectivity index (χ0) is 13.7. The highest BCUT2D eigenvalue weighted by Gasteiger charge is 2.12. The van der Waals surface area contributed by atoms with Crippen molar-refractivity contribution in [1.29, 1.82) is 0 Å². The van der Waals surface area contributed by atoms with E-state index in [9.17, 15) is 9.90 Å². The molecule has 104 valence electrons. The summed E-state index contributed by atoms with van der Waals surface area (Å²) in [6.07, 6.45) is 1.07. The van der Waals surface area contributed by atoms with Crippen molar-refractivity contribution in [2.24, 2.45) is 0 Å². The van der Waals surface area contributed by atoms with Gasteiger partial charge in [-0.25, -0.2) is 0 Å². The van der Waals surface area contributed by atoms with Crippen molar-refractivity contribution in [2.75, 3.05) is 38.0 Å². The summed E-state index contributed by atoms with van der Waals surface area (Å²) in [5, 5.41) is 15.6. The van der Waals surface area contributed by atoms with Crippen molar-refractivity contribution in [3.05, 3.63) is 23.8 Å². The van der Waals surface area contributed by atoms with Crippen LogP contribution in [-0.4, -0.2) is 48.6 Å². The second kappa shape index (κ2) is 6.54. The lowest BCUT2D eigenvalue weighted by atomic mass is 10.2. The van der Waals surface area contributed by atoms with Gasteiger partial charge in [0.15, 0.2) is 0 Å². The highest BCUT2D eigenvalue weighted by Crippen LogP contribution is 2.19. The molecule has 1 aromatic carbocycles. The van der Waals surface area contributed by atoms with Gasteiger partial charge in [-0.3, -0.25) is 9.69 Å². The topological polar surface area (TPSA) is 64.6 Å². The summed E-state index contributed by atoms with van der Waals surface area (Å²) >= 11 is 0. The largest absolute Gasteiger partial charge is 0.508 e. The maximum Gasteiger partial charge on any atom is 0.238 e. The SMILES string of the molecule is Cc1cc(NC(=O)CN2CCCNCC2)ccc1O. The van der Waals surface area contributed by atoms with Gasteiger partial charge < -0.3 is 15.7 Å². The van der Waals surface area contributed by atoms with E-state index in [1.165, 1.54) is 0 Å². The number of hydrogen-bond acceptors (Lipinski definition) is 4. The molecule has 1 fully saturated rings. The van der Waals surface area contributed by atoms with E-state index in [4.69, 9.17) is 0 Å². The normalized spacial score (nSPS) is 16.9. The monoisotopic (exact) mass is 263 g/mol. The maximum absolute atomic E-state index is 12.0. The number of rotatable bonds is 3. The first-order chi connectivity index (χ1) is 9.15. The quantitative estimate of drug-likeness (QED) is 0.710. The molecule has 1 heterocycles. The first-order valence-corrected chi connectivity index (χ1v) is 6.68. The van der Waals surface area contributed by atoms with E-state index in [-0.39, 0.29) is 11.7 Å². The molecule has 3 N–H and O–H groups in total. The molecule has 0 bridgehead atoms. The lowest BCUT2D eigenvalue weighted by molar-refractivity contribution is -0.117. The van der Waals surface area contributed by atoms with Crippen LogP contribution in [0.1, 0.15) is 12.0 Å². The number of benzene rings is 1. The molecular weight excluding hydrogens is 242 g/mol. The van der Waals surface area contributed by atoms with Gasteiger partial charge in [0.2, 0.25) is 5.91 Å². The van der Waals surface area contributed by atoms with Crippen molar-refractivity contribution in [2.45, 2.75) is 13.3 Å². The Balaban J connectivity index is 1.87. The van der Waals surface area contributed by atoms with E-state index in [1.54, 1.807) is 18.2 Å². The molecule has 0 atom stereocenters. The van der Waals surface area contributed by atoms with Crippen LogP contribution in [0.3, 0.4) is 0 Å². The molecule has 0 aliphatic carbocycles. The van der Waals surface area contributed by atoms with Gasteiger partial charge in [-0.1, -0.05) is 0 Å². The molecule has 1 aliphatic heterocycles. The highest BCUT2D eigenvalue weighted by atomic mass is 16.3. The van der Waals surface area contributed by atoms with E-state index < -0.39 is 0 Å². The third-order valence-corrected chi connectivity index (χ3v) is 3.28. The van der Waals surface area contributed by atoms with E-state index in [0.717, 1.165) is 43.9 Å². The highest BCUT2D eigenvalue weighted by molar-refractivity contribution is 5.92. The second-order valence-electron chi connectivity index (χ2n) is 4.93. The van der Waals surface area contributed by atoms with Gasteiger partial charge in [0.05, 0.1) is 6.54 Å². The van der Waals surface area contributed by atoms with E-state index >= 15 is 0 Å². The number of hydrogen-bond donors (Lipinski definition) is 3. The van der Waals surface area contributed by atoms with Crippen LogP contribution in [0, 0.1) is 6.92 Å². The summed E-state index contributed by atoms with van der Waals surface area (Å²) in [6.45, 7) is 6.05. The molecule has 1 saturated heterocycles. The van der Waals surface area contributed by atoms with Crippen LogP contribution < -0.4 is 10.6 Å². The Hall–Kier alpha value is -1.59. The fourth-order valence-electron chi connectivity index (χ4n) is 2.20. The number of phenols is 1. The summed E-state index contributed by atoms with van der Waals surface area (Å²) < 4.78 is 0. The van der Waals surface area contributed by atoms with Crippen molar-refractivity contribution < 1.29 is 9.90 Å². The average molecular weight is 263 g/mol. The lowest BCUT2D eigenvalue weighted by Gasteiger charge is -2.18. The molecule has 5 heteroatoms. The van der Waals surface area contributed by atoms with Gasteiger partial charge in [-0.15, -0.1) is 0 Å². The Morgan fingerprint density at radius 2 is 2.26 bits per heavy atom. The Morgan fingerprint density at radius 1 is 1.42 bits per heavy atom. The Kier molecular flexibility index (Phi) is 4.76. The minimum atomic E-state index is -0.00742. The standard InChI is InChI=1S/C14H21N3O2/c1-11-9-12(3-4-13(11)18)16-14(19)10-17-7-2-5-15-6-8-17/h3-4,9,15,18H,2,5-8,10H2,1H3,(H,16,19). The molecule has 0 aromatic heterocycles. The second-order valence-corrected chi connectivity index (χ2v) is 4.93. The number of aryl methyl sites for hydroxylation is 1. The van der Waals surface area contributed by atoms with E-state index in [1.807, 2.05) is 6.92 Å². The van der Waals surface area contributed by atoms with Crippen LogP contribution in [0.25, 0.3) is 0 Å². The van der Waals surface area contributed by atoms with Gasteiger partial charge >= 0.3 is 0 Å². The van der Waals surface area contributed by atoms with Gasteiger partial charge in [0.25, 0.3) is 0 Å². The number of nitrogens with zero attached hydrogens (tertiary/aromatic N) is 1. The van der Waals surface area contributed by atoms with Gasteiger partial charge in [0, 0.05) is 18.8 Å². The van der Waals surface area contributed by atoms with Crippen molar-refractivity contribution >= 4 is 11.6 Å². The number of aromatic hydroxyl groups is 1.